The number of anilines is 4. The fourth-order valence-electron chi connectivity index (χ4n) is 15.4. The second kappa shape index (κ2) is 62.5. The maximum Gasteiger partial charge on any atom is 0.408 e. The highest BCUT2D eigenvalue weighted by Gasteiger charge is 2.32. The molecule has 0 aliphatic carbocycles. The van der Waals surface area contributed by atoms with Gasteiger partial charge in [0, 0.05) is 84.8 Å². The number of aryl methyl sites for hydroxylation is 6. The van der Waals surface area contributed by atoms with E-state index in [1.165, 1.54) is 67.6 Å². The number of alkyl halides is 3. The number of hydrogen-bond donors (Lipinski definition) is 3. The van der Waals surface area contributed by atoms with Gasteiger partial charge in [0.1, 0.15) is 12.3 Å². The predicted molar refractivity (Wildman–Crippen MR) is 625 cm³/mol. The summed E-state index contributed by atoms with van der Waals surface area (Å²) in [4.78, 5) is 11.5. The quantitative estimate of drug-likeness (QED) is 0.0289. The van der Waals surface area contributed by atoms with E-state index in [4.69, 9.17) is 45.1 Å². The highest BCUT2D eigenvalue weighted by molar-refractivity contribution is 9.10. The SMILES string of the molecule is C=C(C)Nc1ccc(C)cc1C(C)C.CC(C)c1c(Cl)cnn1C(C)C.CC(C)c1cc(Br)ccc1NS(C)(=O)=O.CC(C)c1ccnn1CC(F)(F)F.CC(C)c1cnc2c(cnn2C(C)C)c1.COc1ccc(Cl)cc1C(C)C.Cc1ccc(CN=[N+]=[N-])c(C(C)C)c1.Cc1ccc(Cl)cc1C(C)C.Cc1ccc(N2CCCS2(=O)=O)c(C(C)C)c1.Cc1ccc(NS(C)(=O)=O)c(C(C)C)c1.Cc1ccnc(C(C)C)c1. The predicted octanol–water partition coefficient (Wildman–Crippen LogP) is 34.8. The molecule has 0 saturated carbocycles. The number of fused-ring (bicyclic) bond motifs is 1. The zero-order valence-corrected chi connectivity index (χ0v) is 100. The topological polar surface area (TPSA) is 279 Å². The smallest absolute Gasteiger partial charge is 0.408 e. The molecule has 7 aromatic carbocycles. The fourth-order valence-corrected chi connectivity index (χ4v) is 19.2. The number of benzene rings is 7. The summed E-state index contributed by atoms with van der Waals surface area (Å²) >= 11 is 21.1. The summed E-state index contributed by atoms with van der Waals surface area (Å²) in [6, 6.07) is 50.4. The number of hydrogen-bond acceptors (Lipinski definition) is 14. The zero-order valence-electron chi connectivity index (χ0n) is 94.2. The van der Waals surface area contributed by atoms with Crippen LogP contribution in [0, 0.1) is 41.5 Å². The number of azide groups is 1. The average Bonchev–Trinajstić information content (AvgIpc) is 1.63. The van der Waals surface area contributed by atoms with Crippen molar-refractivity contribution < 1.29 is 43.2 Å². The third-order valence-corrected chi connectivity index (χ3v) is 27.2. The fraction of sp³-hybridized carbons (Fsp3) is 0.474. The van der Waals surface area contributed by atoms with Crippen molar-refractivity contribution in [1.29, 1.82) is 0 Å². The molecule has 6 heterocycles. The summed E-state index contributed by atoms with van der Waals surface area (Å²) in [5, 5.41) is 22.6. The van der Waals surface area contributed by atoms with Crippen molar-refractivity contribution in [1.82, 2.24) is 39.3 Å². The zero-order chi connectivity index (χ0) is 113. The van der Waals surface area contributed by atoms with E-state index < -0.39 is 42.8 Å². The minimum Gasteiger partial charge on any atom is -0.496 e. The standard InChI is InChI=1S/C13H19NO2S.C13H19N.C12H17N3.C11H15N3.C11H17NO2S.C10H14BrNO2S.C10H13ClO.C10H13Cl.C9H15ClN2.C9H13N.C8H11F3N2/c1-10(2)12-9-11(3)5-6-13(12)14-7-4-8-17(14,15)16;1-9(2)12-8-11(5)6-7-13(12)14-10(3)4;1-8(2)10-5-11-7-14-15(9(3)4)12(11)13-6-10;1-8(2)11-6-9(3)4-5-10(11)7-13-14-12;1-8(2)10-7-9(3)5-6-11(10)12-15(4,13)14;1-7(2)9-6-8(11)4-5-10(9)12-15(3,13)14;1-7(2)9-6-8(11)4-5-10(9)12-3;1-7(2)10-6-9(11)5-4-8(10)3;1-6(2)9-8(10)5-11-12(9)7(3)4;1-7(2)9-6-8(3)4-5-10-9;1-6(2)7-3-4-12-13(7)5-8(9,10)11/h5-6,9-10H,4,7-8H2,1-3H3;6-9,14H,3H2,1-2,4-5H3;5-9H,1-4H3;4-6,8H,7H2,1-3H3;5-8,12H,1-4H3;4-7,12H,1-3H3;4-7H,1-3H3;4-7H,1-3H3;5-7H,1-4H3;4-7H,1-3H3;3-4,6H,5H2,1-2H3. The number of nitrogens with one attached hydrogen (secondary N) is 3. The summed E-state index contributed by atoms with van der Waals surface area (Å²) in [5.74, 6) is 5.66. The first-order valence-corrected chi connectivity index (χ1v) is 57.7. The number of aromatic nitrogens is 8. The average molecular weight is 2220 g/mol. The van der Waals surface area contributed by atoms with Crippen LogP contribution in [-0.2, 0) is 43.2 Å². The highest BCUT2D eigenvalue weighted by Crippen LogP contribution is 2.37. The lowest BCUT2D eigenvalue weighted by Crippen LogP contribution is -2.26. The van der Waals surface area contributed by atoms with E-state index in [2.05, 4.69) is 287 Å². The molecule has 0 spiro atoms. The number of rotatable bonds is 24. The second-order valence-electron chi connectivity index (χ2n) is 41.1. The normalized spacial score (nSPS) is 12.1. The first-order chi connectivity index (χ1) is 68.6. The summed E-state index contributed by atoms with van der Waals surface area (Å²) in [5.41, 5.74) is 34.7. The van der Waals surface area contributed by atoms with Gasteiger partial charge in [0.2, 0.25) is 30.1 Å². The first kappa shape index (κ1) is 132. The number of ether oxygens (including phenoxy) is 1. The van der Waals surface area contributed by atoms with Gasteiger partial charge in [-0.1, -0.05) is 298 Å². The number of sulfonamides is 3. The lowest BCUT2D eigenvalue weighted by Gasteiger charge is -2.22. The minimum atomic E-state index is -4.20. The second-order valence-corrected chi connectivity index (χ2v) is 48.8. The van der Waals surface area contributed by atoms with Crippen LogP contribution in [-0.4, -0.2) is 103 Å². The molecule has 0 radical (unpaired) electrons. The number of allylic oxidation sites excluding steroid dienone is 1. The van der Waals surface area contributed by atoms with Crippen LogP contribution in [0.25, 0.3) is 21.5 Å². The molecule has 148 heavy (non-hydrogen) atoms. The molecule has 1 fully saturated rings. The Morgan fingerprint density at radius 1 is 0.507 bits per heavy atom. The van der Waals surface area contributed by atoms with Gasteiger partial charge in [-0.05, 0) is 305 Å². The van der Waals surface area contributed by atoms with E-state index in [1.807, 2.05) is 181 Å². The number of methoxy groups -OCH3 is 1. The maximum atomic E-state index is 12.0. The molecule has 0 amide bonds. The van der Waals surface area contributed by atoms with Gasteiger partial charge >= 0.3 is 6.18 Å². The summed E-state index contributed by atoms with van der Waals surface area (Å²) in [6.45, 7) is 73.0. The molecule has 0 unspecified atom stereocenters. The van der Waals surface area contributed by atoms with Gasteiger partial charge in [-0.25, -0.2) is 34.9 Å². The molecule has 1 aliphatic heterocycles. The van der Waals surface area contributed by atoms with Crippen molar-refractivity contribution >= 4 is 115 Å². The van der Waals surface area contributed by atoms with Crippen molar-refractivity contribution in [2.45, 2.75) is 331 Å². The molecule has 5 aromatic heterocycles. The number of pyridine rings is 2. The van der Waals surface area contributed by atoms with E-state index in [1.54, 1.807) is 29.7 Å². The van der Waals surface area contributed by atoms with Gasteiger partial charge in [0.05, 0.1) is 72.1 Å². The van der Waals surface area contributed by atoms with Crippen LogP contribution < -0.4 is 23.8 Å². The lowest BCUT2D eigenvalue weighted by atomic mass is 9.95. The van der Waals surface area contributed by atoms with Crippen molar-refractivity contribution in [3.63, 3.8) is 0 Å². The Kier molecular flexibility index (Phi) is 55.8. The Morgan fingerprint density at radius 2 is 0.973 bits per heavy atom. The molecule has 32 heteroatoms. The van der Waals surface area contributed by atoms with Gasteiger partial charge in [-0.3, -0.25) is 28.1 Å². The largest absolute Gasteiger partial charge is 0.496 e. The molecular formula is C116H166BrCl3F3N15O7S3. The van der Waals surface area contributed by atoms with Crippen molar-refractivity contribution in [3.05, 3.63) is 325 Å². The Morgan fingerprint density at radius 3 is 1.41 bits per heavy atom. The van der Waals surface area contributed by atoms with Crippen molar-refractivity contribution in [3.8, 4) is 5.75 Å². The molecule has 0 bridgehead atoms. The molecular weight excluding hydrogens is 2050 g/mol. The maximum absolute atomic E-state index is 12.0. The van der Waals surface area contributed by atoms with Crippen LogP contribution in [0.4, 0.5) is 35.9 Å². The van der Waals surface area contributed by atoms with Crippen LogP contribution in [0.5, 0.6) is 5.75 Å². The van der Waals surface area contributed by atoms with E-state index in [0.717, 1.165) is 110 Å². The minimum absolute atomic E-state index is 0.0600. The Labute approximate surface area is 908 Å². The van der Waals surface area contributed by atoms with Crippen LogP contribution in [0.1, 0.15) is 371 Å². The van der Waals surface area contributed by atoms with Crippen LogP contribution in [0.15, 0.2) is 205 Å². The Hall–Kier alpha value is -10.2. The number of halogens is 7. The third-order valence-electron chi connectivity index (χ3n) is 22.9. The van der Waals surface area contributed by atoms with Crippen LogP contribution in [0.3, 0.4) is 0 Å². The monoisotopic (exact) mass is 2220 g/mol. The first-order valence-electron chi connectivity index (χ1n) is 50.4. The summed E-state index contributed by atoms with van der Waals surface area (Å²) < 4.78 is 122. The van der Waals surface area contributed by atoms with E-state index in [-0.39, 0.29) is 17.6 Å². The van der Waals surface area contributed by atoms with Crippen LogP contribution >= 0.6 is 50.7 Å². The van der Waals surface area contributed by atoms with Gasteiger partial charge in [-0.2, -0.15) is 28.5 Å². The highest BCUT2D eigenvalue weighted by atomic mass is 79.9. The van der Waals surface area contributed by atoms with Crippen LogP contribution in [0.2, 0.25) is 15.1 Å². The Balaban J connectivity index is 0.000000419. The van der Waals surface area contributed by atoms with Crippen molar-refractivity contribution in [2.75, 3.05) is 51.0 Å². The van der Waals surface area contributed by atoms with Gasteiger partial charge in [0.15, 0.2) is 5.65 Å². The third kappa shape index (κ3) is 46.7. The van der Waals surface area contributed by atoms with Gasteiger partial charge < -0.3 is 10.1 Å². The van der Waals surface area contributed by atoms with Gasteiger partial charge in [0.25, 0.3) is 0 Å². The Bertz CT molecular complexity index is 6440. The van der Waals surface area contributed by atoms with E-state index >= 15 is 0 Å². The lowest BCUT2D eigenvalue weighted by molar-refractivity contribution is -0.143. The van der Waals surface area contributed by atoms with E-state index in [0.29, 0.717) is 95.5 Å². The summed E-state index contributed by atoms with van der Waals surface area (Å²) in [6.07, 6.45) is 7.67. The molecule has 1 saturated heterocycles. The molecule has 0 atom stereocenters. The molecule has 1 aliphatic rings. The molecule has 12 aromatic rings. The summed E-state index contributed by atoms with van der Waals surface area (Å²) in [7, 11) is -7.81. The van der Waals surface area contributed by atoms with E-state index in [9.17, 15) is 38.4 Å². The molecule has 3 N–H and O–H groups in total. The molecule has 22 nitrogen and oxygen atoms in total. The molecule has 814 valence electrons. The van der Waals surface area contributed by atoms with Crippen molar-refractivity contribution in [2.24, 2.45) is 5.11 Å². The van der Waals surface area contributed by atoms with Gasteiger partial charge in [-0.15, -0.1) is 0 Å². The number of nitrogens with zero attached hydrogens (tertiary/aromatic N) is 12. The molecule has 13 rings (SSSR count).